The van der Waals surface area contributed by atoms with Crippen molar-refractivity contribution in [2.75, 3.05) is 34.2 Å². The summed E-state index contributed by atoms with van der Waals surface area (Å²) in [5.41, 5.74) is 0. The number of nitrogens with zero attached hydrogens (tertiary/aromatic N) is 1. The van der Waals surface area contributed by atoms with Crippen molar-refractivity contribution in [1.82, 2.24) is 10.2 Å². The van der Waals surface area contributed by atoms with Crippen molar-refractivity contribution in [2.24, 2.45) is 0 Å². The average molecular weight is 146 g/mol. The summed E-state index contributed by atoms with van der Waals surface area (Å²) in [5, 5.41) is 3.12. The highest BCUT2D eigenvalue weighted by Gasteiger charge is 1.88. The van der Waals surface area contributed by atoms with Gasteiger partial charge in [-0.3, -0.25) is 0 Å². The van der Waals surface area contributed by atoms with Crippen molar-refractivity contribution in [3.8, 4) is 0 Å². The van der Waals surface area contributed by atoms with Crippen LogP contribution in [0.4, 0.5) is 0 Å². The van der Waals surface area contributed by atoms with Crippen LogP contribution in [0.2, 0.25) is 0 Å². The monoisotopic (exact) mass is 146 g/mol. The van der Waals surface area contributed by atoms with Crippen LogP contribution in [0.15, 0.2) is 0 Å². The molecule has 0 heterocycles. The molecule has 0 aliphatic heterocycles. The fourth-order valence-electron chi connectivity index (χ4n) is 0.730. The number of hydrogen-bond donors (Lipinski definition) is 1. The smallest absolute Gasteiger partial charge is 0.00244 e. The molecular formula is C8H22N2. The first-order chi connectivity index (χ1) is 4.27. The molecule has 0 aromatic rings. The number of hydrogen-bond acceptors (Lipinski definition) is 2. The fraction of sp³-hybridized carbons (Fsp3) is 1.00. The van der Waals surface area contributed by atoms with Gasteiger partial charge in [0.15, 0.2) is 0 Å². The van der Waals surface area contributed by atoms with Crippen LogP contribution in [0.1, 0.15) is 20.3 Å². The van der Waals surface area contributed by atoms with Gasteiger partial charge in [-0.1, -0.05) is 7.43 Å². The fourth-order valence-corrected chi connectivity index (χ4v) is 0.730. The minimum atomic E-state index is 0. The third-order valence-corrected chi connectivity index (χ3v) is 1.28. The van der Waals surface area contributed by atoms with Gasteiger partial charge in [-0.05, 0) is 47.1 Å². The molecule has 0 amide bonds. The van der Waals surface area contributed by atoms with E-state index in [1.165, 1.54) is 19.4 Å². The summed E-state index contributed by atoms with van der Waals surface area (Å²) in [4.78, 5) is 2.22. The van der Waals surface area contributed by atoms with E-state index in [1.54, 1.807) is 0 Å². The molecule has 64 valence electrons. The molecule has 0 fully saturated rings. The summed E-state index contributed by atoms with van der Waals surface area (Å²) in [6.07, 6.45) is 2.59. The van der Waals surface area contributed by atoms with Gasteiger partial charge in [0.05, 0.1) is 0 Å². The Bertz CT molecular complexity index is 53.2. The highest BCUT2D eigenvalue weighted by atomic mass is 15.0. The minimum absolute atomic E-state index is 0. The lowest BCUT2D eigenvalue weighted by Crippen LogP contribution is -2.15. The Morgan fingerprint density at radius 1 is 1.20 bits per heavy atom. The van der Waals surface area contributed by atoms with Crippen molar-refractivity contribution in [3.05, 3.63) is 0 Å². The van der Waals surface area contributed by atoms with Gasteiger partial charge < -0.3 is 10.2 Å². The minimum Gasteiger partial charge on any atom is -0.320 e. The molecule has 0 saturated heterocycles. The van der Waals surface area contributed by atoms with Gasteiger partial charge in [0, 0.05) is 0 Å². The standard InChI is InChI=1S/C7H18N2.CH4/c1-8-6-4-5-7-9(2)3;/h8H,4-7H2,1-3H3;1H4. The van der Waals surface area contributed by atoms with Crippen LogP contribution in [0, 0.1) is 0 Å². The van der Waals surface area contributed by atoms with Gasteiger partial charge >= 0.3 is 0 Å². The second-order valence-electron chi connectivity index (χ2n) is 2.61. The maximum Gasteiger partial charge on any atom is -0.00244 e. The van der Waals surface area contributed by atoms with Crippen LogP contribution >= 0.6 is 0 Å². The molecular weight excluding hydrogens is 124 g/mol. The van der Waals surface area contributed by atoms with Crippen LogP contribution in [0.5, 0.6) is 0 Å². The number of nitrogens with one attached hydrogen (secondary N) is 1. The number of unbranched alkanes of at least 4 members (excludes halogenated alkanes) is 1. The SMILES string of the molecule is C.CNCCCCN(C)C. The van der Waals surface area contributed by atoms with Gasteiger partial charge in [-0.15, -0.1) is 0 Å². The van der Waals surface area contributed by atoms with Gasteiger partial charge in [0.2, 0.25) is 0 Å². The Kier molecular flexibility index (Phi) is 11.2. The molecule has 1 N–H and O–H groups in total. The Hall–Kier alpha value is -0.0800. The van der Waals surface area contributed by atoms with Gasteiger partial charge in [0.25, 0.3) is 0 Å². The molecule has 2 heteroatoms. The summed E-state index contributed by atoms with van der Waals surface area (Å²) in [7, 11) is 6.22. The Balaban J connectivity index is 0. The quantitative estimate of drug-likeness (QED) is 0.586. The second kappa shape index (κ2) is 8.92. The van der Waals surface area contributed by atoms with Crippen LogP contribution in [0.25, 0.3) is 0 Å². The van der Waals surface area contributed by atoms with E-state index < -0.39 is 0 Å². The average Bonchev–Trinajstić information content (AvgIpc) is 1.80. The normalized spacial score (nSPS) is 9.60. The molecule has 0 atom stereocenters. The van der Waals surface area contributed by atoms with Crippen LogP contribution in [0.3, 0.4) is 0 Å². The third-order valence-electron chi connectivity index (χ3n) is 1.28. The second-order valence-corrected chi connectivity index (χ2v) is 2.61. The van der Waals surface area contributed by atoms with E-state index in [1.807, 2.05) is 7.05 Å². The predicted octanol–water partition coefficient (Wildman–Crippen LogP) is 1.18. The van der Waals surface area contributed by atoms with Gasteiger partial charge in [0.1, 0.15) is 0 Å². The first kappa shape index (κ1) is 12.6. The highest BCUT2D eigenvalue weighted by molar-refractivity contribution is 4.46. The third kappa shape index (κ3) is 10.8. The van der Waals surface area contributed by atoms with E-state index in [-0.39, 0.29) is 7.43 Å². The molecule has 2 nitrogen and oxygen atoms in total. The van der Waals surface area contributed by atoms with E-state index in [2.05, 4.69) is 24.3 Å². The molecule has 0 radical (unpaired) electrons. The molecule has 10 heavy (non-hydrogen) atoms. The van der Waals surface area contributed by atoms with E-state index in [0.717, 1.165) is 6.54 Å². The molecule has 0 aliphatic rings. The van der Waals surface area contributed by atoms with E-state index in [0.29, 0.717) is 0 Å². The highest BCUT2D eigenvalue weighted by Crippen LogP contribution is 1.87. The van der Waals surface area contributed by atoms with Crippen molar-refractivity contribution < 1.29 is 0 Å². The van der Waals surface area contributed by atoms with Crippen LogP contribution < -0.4 is 5.32 Å². The molecule has 0 bridgehead atoms. The zero-order valence-electron chi connectivity index (χ0n) is 6.78. The van der Waals surface area contributed by atoms with E-state index in [4.69, 9.17) is 0 Å². The zero-order chi connectivity index (χ0) is 7.11. The molecule has 0 rings (SSSR count). The molecule has 0 aromatic heterocycles. The van der Waals surface area contributed by atoms with Crippen molar-refractivity contribution in [1.29, 1.82) is 0 Å². The summed E-state index contributed by atoms with van der Waals surface area (Å²) in [6, 6.07) is 0. The zero-order valence-corrected chi connectivity index (χ0v) is 6.78. The summed E-state index contributed by atoms with van der Waals surface area (Å²) in [5.74, 6) is 0. The first-order valence-electron chi connectivity index (χ1n) is 3.56. The van der Waals surface area contributed by atoms with Crippen LogP contribution in [-0.2, 0) is 0 Å². The topological polar surface area (TPSA) is 15.3 Å². The van der Waals surface area contributed by atoms with Crippen molar-refractivity contribution in [3.63, 3.8) is 0 Å². The summed E-state index contributed by atoms with van der Waals surface area (Å²) >= 11 is 0. The van der Waals surface area contributed by atoms with Gasteiger partial charge in [-0.25, -0.2) is 0 Å². The Morgan fingerprint density at radius 3 is 2.20 bits per heavy atom. The predicted molar refractivity (Wildman–Crippen MR) is 48.4 cm³/mol. The Labute approximate surface area is 65.6 Å². The summed E-state index contributed by atoms with van der Waals surface area (Å²) in [6.45, 7) is 2.36. The molecule has 0 aromatic carbocycles. The van der Waals surface area contributed by atoms with Crippen molar-refractivity contribution >= 4 is 0 Å². The lowest BCUT2D eigenvalue weighted by atomic mass is 10.3. The maximum absolute atomic E-state index is 3.12. The summed E-state index contributed by atoms with van der Waals surface area (Å²) < 4.78 is 0. The Morgan fingerprint density at radius 2 is 1.80 bits per heavy atom. The largest absolute Gasteiger partial charge is 0.320 e. The van der Waals surface area contributed by atoms with Gasteiger partial charge in [-0.2, -0.15) is 0 Å². The molecule has 0 aliphatic carbocycles. The van der Waals surface area contributed by atoms with E-state index >= 15 is 0 Å². The molecule has 0 unspecified atom stereocenters. The lowest BCUT2D eigenvalue weighted by molar-refractivity contribution is 0.393. The molecule has 0 saturated carbocycles. The number of rotatable bonds is 5. The maximum atomic E-state index is 3.12. The van der Waals surface area contributed by atoms with E-state index in [9.17, 15) is 0 Å². The van der Waals surface area contributed by atoms with Crippen LogP contribution in [-0.4, -0.2) is 39.1 Å². The first-order valence-corrected chi connectivity index (χ1v) is 3.56. The molecule has 0 spiro atoms. The lowest BCUT2D eigenvalue weighted by Gasteiger charge is -2.07. The van der Waals surface area contributed by atoms with Crippen molar-refractivity contribution in [2.45, 2.75) is 20.3 Å².